The molecule has 8 nitrogen and oxygen atoms in total. The summed E-state index contributed by atoms with van der Waals surface area (Å²) in [6.45, 7) is 3.34. The lowest BCUT2D eigenvalue weighted by molar-refractivity contribution is -0.133. The van der Waals surface area contributed by atoms with E-state index in [9.17, 15) is 4.79 Å². The quantitative estimate of drug-likeness (QED) is 0.663. The van der Waals surface area contributed by atoms with Crippen molar-refractivity contribution in [1.29, 1.82) is 0 Å². The highest BCUT2D eigenvalue weighted by molar-refractivity contribution is 5.77. The molecular formula is C21H24N6O2. The molecule has 0 N–H and O–H groups in total. The maximum absolute atomic E-state index is 12.9. The molecular weight excluding hydrogens is 368 g/mol. The Hall–Kier alpha value is -3.03. The Morgan fingerprint density at radius 2 is 1.93 bits per heavy atom. The van der Waals surface area contributed by atoms with Gasteiger partial charge < -0.3 is 14.2 Å². The van der Waals surface area contributed by atoms with Gasteiger partial charge in [0.25, 0.3) is 0 Å². The van der Waals surface area contributed by atoms with Gasteiger partial charge in [0.05, 0.1) is 30.7 Å². The number of aromatic nitrogens is 5. The number of amides is 1. The molecule has 2 aromatic heterocycles. The summed E-state index contributed by atoms with van der Waals surface area (Å²) < 4.78 is 7.64. The summed E-state index contributed by atoms with van der Waals surface area (Å²) in [6.07, 6.45) is 3.24. The van der Waals surface area contributed by atoms with E-state index in [0.717, 1.165) is 22.7 Å². The monoisotopic (exact) mass is 392 g/mol. The lowest BCUT2D eigenvalue weighted by Crippen LogP contribution is -2.40. The second kappa shape index (κ2) is 7.09. The van der Waals surface area contributed by atoms with Gasteiger partial charge in [-0.3, -0.25) is 4.79 Å². The third kappa shape index (κ3) is 3.32. The number of hydrogen-bond donors (Lipinski definition) is 0. The van der Waals surface area contributed by atoms with E-state index >= 15 is 0 Å². The van der Waals surface area contributed by atoms with E-state index in [1.54, 1.807) is 7.11 Å². The molecule has 5 rings (SSSR count). The first-order chi connectivity index (χ1) is 14.1. The Balaban J connectivity index is 1.30. The average molecular weight is 392 g/mol. The van der Waals surface area contributed by atoms with Crippen LogP contribution in [-0.4, -0.2) is 49.2 Å². The molecule has 1 atom stereocenters. The Labute approximate surface area is 168 Å². The van der Waals surface area contributed by atoms with Crippen LogP contribution in [0.1, 0.15) is 55.5 Å². The number of rotatable bonds is 5. The van der Waals surface area contributed by atoms with Crippen LogP contribution >= 0.6 is 0 Å². The topological polar surface area (TPSA) is 86.0 Å². The molecule has 2 aliphatic rings. The molecule has 0 saturated heterocycles. The molecule has 0 radical (unpaired) electrons. The number of nitrogens with zero attached hydrogens (tertiary/aromatic N) is 6. The van der Waals surface area contributed by atoms with Gasteiger partial charge in [0, 0.05) is 25.3 Å². The van der Waals surface area contributed by atoms with Gasteiger partial charge in [0.1, 0.15) is 11.5 Å². The summed E-state index contributed by atoms with van der Waals surface area (Å²) in [5.41, 5.74) is 2.31. The van der Waals surface area contributed by atoms with Crippen LogP contribution in [0.15, 0.2) is 24.3 Å². The zero-order valence-corrected chi connectivity index (χ0v) is 16.7. The summed E-state index contributed by atoms with van der Waals surface area (Å²) in [5.74, 6) is 3.12. The van der Waals surface area contributed by atoms with E-state index < -0.39 is 0 Å². The van der Waals surface area contributed by atoms with Crippen molar-refractivity contribution in [3.63, 3.8) is 0 Å². The normalized spacial score (nSPS) is 18.7. The fourth-order valence-corrected chi connectivity index (χ4v) is 4.10. The molecule has 1 aliphatic carbocycles. The van der Waals surface area contributed by atoms with Crippen LogP contribution < -0.4 is 4.74 Å². The molecule has 1 saturated carbocycles. The Kier molecular flexibility index (Phi) is 4.41. The highest BCUT2D eigenvalue weighted by Crippen LogP contribution is 2.41. The molecule has 1 fully saturated rings. The van der Waals surface area contributed by atoms with E-state index in [1.807, 2.05) is 29.2 Å². The predicted molar refractivity (Wildman–Crippen MR) is 107 cm³/mol. The third-order valence-corrected chi connectivity index (χ3v) is 5.72. The first-order valence-corrected chi connectivity index (χ1v) is 10.1. The number of methoxy groups -OCH3 is 1. The Morgan fingerprint density at radius 3 is 2.66 bits per heavy atom. The van der Waals surface area contributed by atoms with E-state index in [4.69, 9.17) is 4.74 Å². The van der Waals surface area contributed by atoms with E-state index in [-0.39, 0.29) is 11.9 Å². The molecule has 8 heteroatoms. The highest BCUT2D eigenvalue weighted by atomic mass is 16.5. The van der Waals surface area contributed by atoms with Crippen LogP contribution in [0.3, 0.4) is 0 Å². The first-order valence-electron chi connectivity index (χ1n) is 10.1. The standard InChI is InChI=1S/C21H24N6O2/c1-13-11-26(12-18-24-25-20(27(13)18)14-7-8-14)19(28)10-9-17-21(29-2)23-16-6-4-3-5-15(16)22-17/h3-6,13-14H,7-12H2,1-2H3/t13-/m0/s1. The van der Waals surface area contributed by atoms with E-state index in [1.165, 1.54) is 12.8 Å². The zero-order valence-electron chi connectivity index (χ0n) is 16.7. The van der Waals surface area contributed by atoms with Gasteiger partial charge in [-0.05, 0) is 31.9 Å². The van der Waals surface area contributed by atoms with Crippen molar-refractivity contribution in [2.75, 3.05) is 13.7 Å². The van der Waals surface area contributed by atoms with Crippen molar-refractivity contribution >= 4 is 16.9 Å². The molecule has 1 aliphatic heterocycles. The first kappa shape index (κ1) is 18.0. The molecule has 0 bridgehead atoms. The Morgan fingerprint density at radius 1 is 1.17 bits per heavy atom. The van der Waals surface area contributed by atoms with Gasteiger partial charge in [-0.1, -0.05) is 12.1 Å². The van der Waals surface area contributed by atoms with Crippen molar-refractivity contribution in [2.45, 2.75) is 51.1 Å². The SMILES string of the molecule is COc1nc2ccccc2nc1CCC(=O)N1Cc2nnc(C3CC3)n2[C@@H](C)C1. The van der Waals surface area contributed by atoms with Crippen LogP contribution in [0.4, 0.5) is 0 Å². The fourth-order valence-electron chi connectivity index (χ4n) is 4.10. The van der Waals surface area contributed by atoms with Gasteiger partial charge in [0.15, 0.2) is 5.82 Å². The number of carbonyl (C=O) groups is 1. The van der Waals surface area contributed by atoms with Gasteiger partial charge in [-0.15, -0.1) is 10.2 Å². The van der Waals surface area contributed by atoms with Crippen LogP contribution in [0, 0.1) is 0 Å². The fraction of sp³-hybridized carbons (Fsp3) is 0.476. The third-order valence-electron chi connectivity index (χ3n) is 5.72. The molecule has 1 amide bonds. The molecule has 29 heavy (non-hydrogen) atoms. The van der Waals surface area contributed by atoms with Crippen LogP contribution in [0.25, 0.3) is 11.0 Å². The van der Waals surface area contributed by atoms with Crippen molar-refractivity contribution in [3.05, 3.63) is 41.6 Å². The van der Waals surface area contributed by atoms with Gasteiger partial charge >= 0.3 is 0 Å². The molecule has 3 heterocycles. The molecule has 1 aromatic carbocycles. The number of benzene rings is 1. The summed E-state index contributed by atoms with van der Waals surface area (Å²) in [5, 5.41) is 8.75. The number of fused-ring (bicyclic) bond motifs is 2. The lowest BCUT2D eigenvalue weighted by Gasteiger charge is -2.32. The minimum Gasteiger partial charge on any atom is -0.480 e. The van der Waals surface area contributed by atoms with Crippen molar-refractivity contribution in [1.82, 2.24) is 29.6 Å². The highest BCUT2D eigenvalue weighted by Gasteiger charge is 2.35. The second-order valence-corrected chi connectivity index (χ2v) is 7.91. The summed E-state index contributed by atoms with van der Waals surface area (Å²) in [7, 11) is 1.58. The minimum absolute atomic E-state index is 0.0936. The molecule has 150 valence electrons. The van der Waals surface area contributed by atoms with Crippen LogP contribution in [0.5, 0.6) is 5.88 Å². The predicted octanol–water partition coefficient (Wildman–Crippen LogP) is 2.64. The second-order valence-electron chi connectivity index (χ2n) is 7.91. The van der Waals surface area contributed by atoms with Crippen molar-refractivity contribution in [2.24, 2.45) is 0 Å². The smallest absolute Gasteiger partial charge is 0.235 e. The summed E-state index contributed by atoms with van der Waals surface area (Å²) >= 11 is 0. The van der Waals surface area contributed by atoms with E-state index in [0.29, 0.717) is 43.4 Å². The zero-order chi connectivity index (χ0) is 20.0. The average Bonchev–Trinajstić information content (AvgIpc) is 3.49. The largest absolute Gasteiger partial charge is 0.480 e. The van der Waals surface area contributed by atoms with Crippen molar-refractivity contribution in [3.8, 4) is 5.88 Å². The summed E-state index contributed by atoms with van der Waals surface area (Å²) in [6, 6.07) is 7.87. The van der Waals surface area contributed by atoms with Crippen LogP contribution in [0.2, 0.25) is 0 Å². The Bertz CT molecular complexity index is 1070. The van der Waals surface area contributed by atoms with Gasteiger partial charge in [-0.25, -0.2) is 9.97 Å². The van der Waals surface area contributed by atoms with Gasteiger partial charge in [0.2, 0.25) is 11.8 Å². The number of aryl methyl sites for hydroxylation is 1. The maximum Gasteiger partial charge on any atom is 0.235 e. The lowest BCUT2D eigenvalue weighted by atomic mass is 10.1. The number of carbonyl (C=O) groups excluding carboxylic acids is 1. The van der Waals surface area contributed by atoms with Gasteiger partial charge in [-0.2, -0.15) is 0 Å². The van der Waals surface area contributed by atoms with E-state index in [2.05, 4.69) is 31.7 Å². The minimum atomic E-state index is 0.0936. The number of ether oxygens (including phenoxy) is 1. The number of para-hydroxylation sites is 2. The maximum atomic E-state index is 12.9. The molecule has 0 unspecified atom stereocenters. The van der Waals surface area contributed by atoms with Crippen LogP contribution in [-0.2, 0) is 17.8 Å². The summed E-state index contributed by atoms with van der Waals surface area (Å²) in [4.78, 5) is 24.0. The molecule has 3 aromatic rings. The number of hydrogen-bond acceptors (Lipinski definition) is 6. The molecule has 0 spiro atoms. The van der Waals surface area contributed by atoms with Crippen molar-refractivity contribution < 1.29 is 9.53 Å².